The summed E-state index contributed by atoms with van der Waals surface area (Å²) in [6.45, 7) is 1.14. The van der Waals surface area contributed by atoms with Crippen molar-refractivity contribution in [3.63, 3.8) is 0 Å². The fourth-order valence-electron chi connectivity index (χ4n) is 5.47. The van der Waals surface area contributed by atoms with Gasteiger partial charge in [-0.3, -0.25) is 4.79 Å². The monoisotopic (exact) mass is 302 g/mol. The van der Waals surface area contributed by atoms with E-state index in [4.69, 9.17) is 14.5 Å². The molecule has 4 bridgehead atoms. The molecule has 0 aromatic carbocycles. The summed E-state index contributed by atoms with van der Waals surface area (Å²) in [7, 11) is 0. The molecule has 5 rings (SSSR count). The standard InChI is InChI=1S/C18H22O4/c19-17(15-7-11-1-2-13(15)5-11)20-10-14-6-12-8-16(14)18(9-12)3-4-21-22-18/h1-2,6,11-13,15-16H,3-5,7-10H2. The van der Waals surface area contributed by atoms with Gasteiger partial charge in [0.25, 0.3) is 0 Å². The number of ether oxygens (including phenoxy) is 1. The first-order valence-corrected chi connectivity index (χ1v) is 8.60. The number of fused-ring (bicyclic) bond motifs is 5. The number of allylic oxidation sites excluding steroid dienone is 3. The van der Waals surface area contributed by atoms with Crippen molar-refractivity contribution in [1.82, 2.24) is 0 Å². The van der Waals surface area contributed by atoms with Crippen LogP contribution >= 0.6 is 0 Å². The average Bonchev–Trinajstić information content (AvgIpc) is 3.31. The SMILES string of the molecule is O=C(OCC1=CC2CC1C1(CCOO1)C2)C1CC2C=CC1C2. The van der Waals surface area contributed by atoms with Crippen LogP contribution in [-0.4, -0.2) is 24.8 Å². The van der Waals surface area contributed by atoms with Crippen molar-refractivity contribution < 1.29 is 19.3 Å². The van der Waals surface area contributed by atoms with Gasteiger partial charge in [-0.25, -0.2) is 9.78 Å². The third-order valence-corrected chi connectivity index (χ3v) is 6.47. The van der Waals surface area contributed by atoms with E-state index >= 15 is 0 Å². The topological polar surface area (TPSA) is 44.8 Å². The van der Waals surface area contributed by atoms with E-state index in [2.05, 4.69) is 18.2 Å². The first-order chi connectivity index (χ1) is 10.7. The van der Waals surface area contributed by atoms with E-state index in [1.54, 1.807) is 0 Å². The van der Waals surface area contributed by atoms with Crippen molar-refractivity contribution >= 4 is 5.97 Å². The molecule has 4 nitrogen and oxygen atoms in total. The second kappa shape index (κ2) is 4.68. The van der Waals surface area contributed by atoms with E-state index in [9.17, 15) is 4.79 Å². The zero-order chi connectivity index (χ0) is 14.7. The maximum Gasteiger partial charge on any atom is 0.309 e. The summed E-state index contributed by atoms with van der Waals surface area (Å²) in [5.41, 5.74) is 1.13. The van der Waals surface area contributed by atoms with E-state index < -0.39 is 0 Å². The van der Waals surface area contributed by atoms with E-state index in [-0.39, 0.29) is 17.5 Å². The van der Waals surface area contributed by atoms with Gasteiger partial charge in [-0.1, -0.05) is 18.2 Å². The highest BCUT2D eigenvalue weighted by atomic mass is 17.2. The Morgan fingerprint density at radius 2 is 2.23 bits per heavy atom. The van der Waals surface area contributed by atoms with Gasteiger partial charge in [-0.05, 0) is 49.0 Å². The van der Waals surface area contributed by atoms with E-state index in [1.807, 2.05) is 0 Å². The van der Waals surface area contributed by atoms with Crippen LogP contribution in [0.25, 0.3) is 0 Å². The summed E-state index contributed by atoms with van der Waals surface area (Å²) in [4.78, 5) is 23.2. The van der Waals surface area contributed by atoms with Gasteiger partial charge < -0.3 is 4.74 Å². The molecule has 0 amide bonds. The molecule has 6 unspecified atom stereocenters. The Hall–Kier alpha value is -1.13. The first kappa shape index (κ1) is 13.3. The number of carbonyl (C=O) groups excluding carboxylic acids is 1. The van der Waals surface area contributed by atoms with Gasteiger partial charge in [0.05, 0.1) is 12.5 Å². The number of hydrogen-bond acceptors (Lipinski definition) is 4. The molecule has 4 heteroatoms. The van der Waals surface area contributed by atoms with Gasteiger partial charge in [0, 0.05) is 12.3 Å². The molecule has 6 atom stereocenters. The molecule has 2 saturated carbocycles. The average molecular weight is 302 g/mol. The summed E-state index contributed by atoms with van der Waals surface area (Å²) in [5.74, 6) is 2.08. The summed E-state index contributed by atoms with van der Waals surface area (Å²) in [6, 6.07) is 0. The van der Waals surface area contributed by atoms with Crippen molar-refractivity contribution in [1.29, 1.82) is 0 Å². The lowest BCUT2D eigenvalue weighted by Crippen LogP contribution is -2.36. The molecule has 22 heavy (non-hydrogen) atoms. The Bertz CT molecular complexity index is 557. The number of hydrogen-bond donors (Lipinski definition) is 0. The fraction of sp³-hybridized carbons (Fsp3) is 0.722. The highest BCUT2D eigenvalue weighted by Gasteiger charge is 2.56. The van der Waals surface area contributed by atoms with Gasteiger partial charge in [0.2, 0.25) is 0 Å². The highest BCUT2D eigenvalue weighted by Crippen LogP contribution is 2.55. The Morgan fingerprint density at radius 3 is 2.91 bits per heavy atom. The number of carbonyl (C=O) groups is 1. The molecule has 3 fully saturated rings. The van der Waals surface area contributed by atoms with Crippen molar-refractivity contribution in [3.8, 4) is 0 Å². The van der Waals surface area contributed by atoms with Crippen LogP contribution in [0.4, 0.5) is 0 Å². The van der Waals surface area contributed by atoms with Crippen LogP contribution in [-0.2, 0) is 19.3 Å². The van der Waals surface area contributed by atoms with Crippen LogP contribution in [0.5, 0.6) is 0 Å². The van der Waals surface area contributed by atoms with Crippen LogP contribution in [0.15, 0.2) is 23.8 Å². The lowest BCUT2D eigenvalue weighted by Gasteiger charge is -2.31. The molecule has 5 aliphatic rings. The molecule has 0 N–H and O–H groups in total. The molecular formula is C18H22O4. The van der Waals surface area contributed by atoms with Crippen LogP contribution in [0.3, 0.4) is 0 Å². The third kappa shape index (κ3) is 1.86. The molecule has 1 aliphatic heterocycles. The largest absolute Gasteiger partial charge is 0.461 e. The minimum absolute atomic E-state index is 0.00170. The molecule has 4 aliphatic carbocycles. The van der Waals surface area contributed by atoms with Gasteiger partial charge in [-0.15, -0.1) is 0 Å². The maximum atomic E-state index is 12.4. The van der Waals surface area contributed by atoms with Gasteiger partial charge in [0.15, 0.2) is 0 Å². The Morgan fingerprint density at radius 1 is 1.27 bits per heavy atom. The molecule has 0 aromatic heterocycles. The molecular weight excluding hydrogens is 280 g/mol. The summed E-state index contributed by atoms with van der Waals surface area (Å²) < 4.78 is 5.68. The number of rotatable bonds is 3. The summed E-state index contributed by atoms with van der Waals surface area (Å²) in [6.07, 6.45) is 12.1. The van der Waals surface area contributed by atoms with E-state index in [0.29, 0.717) is 36.9 Å². The smallest absolute Gasteiger partial charge is 0.309 e. The van der Waals surface area contributed by atoms with Crippen LogP contribution in [0.1, 0.15) is 32.1 Å². The Labute approximate surface area is 130 Å². The quantitative estimate of drug-likeness (QED) is 0.457. The van der Waals surface area contributed by atoms with E-state index in [1.165, 1.54) is 5.57 Å². The van der Waals surface area contributed by atoms with Crippen molar-refractivity contribution in [2.75, 3.05) is 13.2 Å². The second-order valence-corrected chi connectivity index (χ2v) is 7.71. The van der Waals surface area contributed by atoms with Crippen molar-refractivity contribution in [3.05, 3.63) is 23.8 Å². The lowest BCUT2D eigenvalue weighted by atomic mass is 9.81. The van der Waals surface area contributed by atoms with Crippen molar-refractivity contribution in [2.24, 2.45) is 29.6 Å². The minimum Gasteiger partial charge on any atom is -0.461 e. The Kier molecular flexibility index (Phi) is 2.84. The van der Waals surface area contributed by atoms with Gasteiger partial charge in [0.1, 0.15) is 12.2 Å². The van der Waals surface area contributed by atoms with Gasteiger partial charge >= 0.3 is 5.97 Å². The normalized spacial score (nSPS) is 47.6. The summed E-state index contributed by atoms with van der Waals surface area (Å²) >= 11 is 0. The molecule has 0 aromatic rings. The van der Waals surface area contributed by atoms with Gasteiger partial charge in [-0.2, -0.15) is 0 Å². The molecule has 1 heterocycles. The fourth-order valence-corrected chi connectivity index (χ4v) is 5.47. The van der Waals surface area contributed by atoms with Crippen LogP contribution in [0.2, 0.25) is 0 Å². The molecule has 1 saturated heterocycles. The molecule has 118 valence electrons. The Balaban J connectivity index is 1.23. The number of esters is 1. The predicted molar refractivity (Wildman–Crippen MR) is 78.5 cm³/mol. The lowest BCUT2D eigenvalue weighted by molar-refractivity contribution is -0.315. The molecule has 1 spiro atoms. The van der Waals surface area contributed by atoms with Crippen LogP contribution < -0.4 is 0 Å². The van der Waals surface area contributed by atoms with E-state index in [0.717, 1.165) is 32.1 Å². The van der Waals surface area contributed by atoms with Crippen molar-refractivity contribution in [2.45, 2.75) is 37.7 Å². The zero-order valence-corrected chi connectivity index (χ0v) is 12.7. The predicted octanol–water partition coefficient (Wildman–Crippen LogP) is 2.80. The summed E-state index contributed by atoms with van der Waals surface area (Å²) in [5, 5.41) is 0. The molecule has 0 radical (unpaired) electrons. The minimum atomic E-state index is -0.129. The maximum absolute atomic E-state index is 12.4. The highest BCUT2D eigenvalue weighted by molar-refractivity contribution is 5.74. The second-order valence-electron chi connectivity index (χ2n) is 7.71. The zero-order valence-electron chi connectivity index (χ0n) is 12.7. The van der Waals surface area contributed by atoms with Crippen LogP contribution in [0, 0.1) is 29.6 Å². The third-order valence-electron chi connectivity index (χ3n) is 6.47. The first-order valence-electron chi connectivity index (χ1n) is 8.60.